The van der Waals surface area contributed by atoms with Crippen LogP contribution in [0.1, 0.15) is 20.8 Å². The first kappa shape index (κ1) is 17.0. The topological polar surface area (TPSA) is 79.5 Å². The maximum atomic E-state index is 13.0. The molecular formula is C21H19N4O2. The lowest BCUT2D eigenvalue weighted by Crippen LogP contribution is -2.49. The van der Waals surface area contributed by atoms with E-state index in [4.69, 9.17) is 5.73 Å². The van der Waals surface area contributed by atoms with E-state index in [9.17, 15) is 9.59 Å². The number of nitrogens with two attached hydrogens (primary N) is 1. The first-order valence-electron chi connectivity index (χ1n) is 8.84. The number of rotatable bonds is 3. The predicted octanol–water partition coefficient (Wildman–Crippen LogP) is 2.10. The number of fused-ring (bicyclic) bond motifs is 1. The van der Waals surface area contributed by atoms with Crippen molar-refractivity contribution in [1.82, 2.24) is 9.88 Å². The summed E-state index contributed by atoms with van der Waals surface area (Å²) in [7, 11) is 0. The molecule has 2 heterocycles. The van der Waals surface area contributed by atoms with Gasteiger partial charge in [-0.05, 0) is 29.0 Å². The molecule has 6 nitrogen and oxygen atoms in total. The molecule has 27 heavy (non-hydrogen) atoms. The van der Waals surface area contributed by atoms with E-state index in [0.29, 0.717) is 32.0 Å². The third-order valence-electron chi connectivity index (χ3n) is 4.82. The minimum Gasteiger partial charge on any atom is -0.364 e. The average Bonchev–Trinajstić information content (AvgIpc) is 2.73. The largest absolute Gasteiger partial charge is 0.364 e. The maximum Gasteiger partial charge on any atom is 0.268 e. The van der Waals surface area contributed by atoms with Crippen LogP contribution in [0.2, 0.25) is 0 Å². The van der Waals surface area contributed by atoms with E-state index in [1.165, 1.54) is 0 Å². The summed E-state index contributed by atoms with van der Waals surface area (Å²) >= 11 is 0. The summed E-state index contributed by atoms with van der Waals surface area (Å²) in [5.41, 5.74) is 6.13. The van der Waals surface area contributed by atoms with Crippen LogP contribution in [-0.2, 0) is 0 Å². The van der Waals surface area contributed by atoms with Crippen molar-refractivity contribution in [3.8, 4) is 0 Å². The van der Waals surface area contributed by atoms with Gasteiger partial charge in [-0.25, -0.2) is 4.98 Å². The van der Waals surface area contributed by atoms with Gasteiger partial charge in [0.1, 0.15) is 11.5 Å². The summed E-state index contributed by atoms with van der Waals surface area (Å²) in [6.45, 7) is 2.47. The maximum absolute atomic E-state index is 13.0. The minimum absolute atomic E-state index is 0.0404. The van der Waals surface area contributed by atoms with Gasteiger partial charge < -0.3 is 15.5 Å². The number of nitrogens with zero attached hydrogens (tertiary/aromatic N) is 3. The van der Waals surface area contributed by atoms with Crippen molar-refractivity contribution in [2.75, 3.05) is 31.1 Å². The Morgan fingerprint density at radius 2 is 1.70 bits per heavy atom. The second-order valence-corrected chi connectivity index (χ2v) is 6.47. The number of aromatic nitrogens is 1. The van der Waals surface area contributed by atoms with Crippen molar-refractivity contribution < 1.29 is 9.59 Å². The number of primary amides is 1. The van der Waals surface area contributed by atoms with Gasteiger partial charge in [0.2, 0.25) is 0 Å². The van der Waals surface area contributed by atoms with Crippen LogP contribution in [0, 0.1) is 6.07 Å². The molecule has 4 rings (SSSR count). The van der Waals surface area contributed by atoms with Crippen LogP contribution in [-0.4, -0.2) is 47.9 Å². The highest BCUT2D eigenvalue weighted by Gasteiger charge is 2.24. The van der Waals surface area contributed by atoms with Crippen LogP contribution >= 0.6 is 0 Å². The van der Waals surface area contributed by atoms with Crippen LogP contribution in [0.15, 0.2) is 54.6 Å². The Morgan fingerprint density at radius 1 is 0.963 bits per heavy atom. The molecule has 6 heteroatoms. The summed E-state index contributed by atoms with van der Waals surface area (Å²) in [4.78, 5) is 32.5. The first-order valence-corrected chi connectivity index (χ1v) is 8.84. The van der Waals surface area contributed by atoms with Gasteiger partial charge in [0.15, 0.2) is 0 Å². The molecule has 1 fully saturated rings. The van der Waals surface area contributed by atoms with E-state index in [1.807, 2.05) is 52.3 Å². The van der Waals surface area contributed by atoms with Gasteiger partial charge in [-0.1, -0.05) is 36.4 Å². The van der Waals surface area contributed by atoms with Crippen LogP contribution in [0.4, 0.5) is 5.82 Å². The third kappa shape index (κ3) is 3.33. The number of amides is 2. The molecule has 2 aromatic carbocycles. The van der Waals surface area contributed by atoms with E-state index in [1.54, 1.807) is 12.1 Å². The summed E-state index contributed by atoms with van der Waals surface area (Å²) in [6, 6.07) is 19.9. The molecule has 0 bridgehead atoms. The van der Waals surface area contributed by atoms with E-state index in [2.05, 4.69) is 11.1 Å². The van der Waals surface area contributed by atoms with Gasteiger partial charge in [0.05, 0.1) is 0 Å². The normalized spacial score (nSPS) is 14.4. The van der Waals surface area contributed by atoms with Crippen molar-refractivity contribution in [1.29, 1.82) is 0 Å². The van der Waals surface area contributed by atoms with Crippen molar-refractivity contribution in [3.63, 3.8) is 0 Å². The van der Waals surface area contributed by atoms with E-state index in [0.717, 1.165) is 16.3 Å². The van der Waals surface area contributed by atoms with Crippen molar-refractivity contribution in [2.45, 2.75) is 0 Å². The average molecular weight is 359 g/mol. The molecule has 3 aromatic rings. The summed E-state index contributed by atoms with van der Waals surface area (Å²) < 4.78 is 0. The molecule has 1 aliphatic rings. The number of piperazine rings is 1. The summed E-state index contributed by atoms with van der Waals surface area (Å²) in [5, 5.41) is 2.03. The Bertz CT molecular complexity index is 1000. The van der Waals surface area contributed by atoms with Crippen LogP contribution in [0.25, 0.3) is 10.8 Å². The molecule has 0 aliphatic carbocycles. The lowest BCUT2D eigenvalue weighted by Gasteiger charge is -2.35. The van der Waals surface area contributed by atoms with Crippen LogP contribution in [0.5, 0.6) is 0 Å². The molecule has 135 valence electrons. The third-order valence-corrected chi connectivity index (χ3v) is 4.82. The fourth-order valence-electron chi connectivity index (χ4n) is 3.40. The highest BCUT2D eigenvalue weighted by atomic mass is 16.2. The lowest BCUT2D eigenvalue weighted by molar-refractivity contribution is 0.0748. The Labute approximate surface area is 157 Å². The standard InChI is InChI=1S/C21H19N4O2/c22-20(26)18-9-4-10-19(23-18)24-11-13-25(14-12-24)21(27)17-8-3-6-15-5-1-2-7-16(15)17/h1-8,10H,11-14H2,(H2,22,26). The van der Waals surface area contributed by atoms with Crippen LogP contribution in [0.3, 0.4) is 0 Å². The van der Waals surface area contributed by atoms with Gasteiger partial charge in [-0.2, -0.15) is 0 Å². The monoisotopic (exact) mass is 359 g/mol. The number of carbonyl (C=O) groups excluding carboxylic acids is 2. The smallest absolute Gasteiger partial charge is 0.268 e. The molecular weight excluding hydrogens is 340 g/mol. The van der Waals surface area contributed by atoms with E-state index in [-0.39, 0.29) is 11.6 Å². The molecule has 0 spiro atoms. The van der Waals surface area contributed by atoms with Gasteiger partial charge in [-0.15, -0.1) is 0 Å². The van der Waals surface area contributed by atoms with Gasteiger partial charge >= 0.3 is 0 Å². The second-order valence-electron chi connectivity index (χ2n) is 6.47. The Balaban J connectivity index is 1.50. The molecule has 1 radical (unpaired) electrons. The Hall–Kier alpha value is -3.41. The number of pyridine rings is 1. The number of hydrogen-bond acceptors (Lipinski definition) is 4. The number of hydrogen-bond donors (Lipinski definition) is 1. The Morgan fingerprint density at radius 3 is 2.48 bits per heavy atom. The lowest BCUT2D eigenvalue weighted by atomic mass is 10.0. The zero-order valence-electron chi connectivity index (χ0n) is 14.8. The molecule has 1 aliphatic heterocycles. The predicted molar refractivity (Wildman–Crippen MR) is 104 cm³/mol. The molecule has 1 aromatic heterocycles. The quantitative estimate of drug-likeness (QED) is 0.777. The fraction of sp³-hybridized carbons (Fsp3) is 0.190. The van der Waals surface area contributed by atoms with E-state index < -0.39 is 5.91 Å². The summed E-state index contributed by atoms with van der Waals surface area (Å²) in [6.07, 6.45) is 0. The minimum atomic E-state index is -0.596. The first-order chi connectivity index (χ1) is 13.1. The highest BCUT2D eigenvalue weighted by molar-refractivity contribution is 6.07. The SMILES string of the molecule is NC(=O)c1[c]ccc(N2CCN(C(=O)c3cccc4ccccc34)CC2)n1. The highest BCUT2D eigenvalue weighted by Crippen LogP contribution is 2.21. The molecule has 1 saturated heterocycles. The van der Waals surface area contributed by atoms with Crippen molar-refractivity contribution >= 4 is 28.4 Å². The number of carbonyl (C=O) groups is 2. The zero-order chi connectivity index (χ0) is 18.8. The molecule has 0 saturated carbocycles. The number of anilines is 1. The van der Waals surface area contributed by atoms with Gasteiger partial charge in [0.25, 0.3) is 11.8 Å². The second kappa shape index (κ2) is 7.07. The van der Waals surface area contributed by atoms with Gasteiger partial charge in [0, 0.05) is 37.8 Å². The molecule has 2 N–H and O–H groups in total. The van der Waals surface area contributed by atoms with E-state index >= 15 is 0 Å². The molecule has 2 amide bonds. The van der Waals surface area contributed by atoms with Crippen LogP contribution < -0.4 is 10.6 Å². The van der Waals surface area contributed by atoms with Gasteiger partial charge in [-0.3, -0.25) is 9.59 Å². The van der Waals surface area contributed by atoms with Crippen molar-refractivity contribution in [2.24, 2.45) is 5.73 Å². The fourth-order valence-corrected chi connectivity index (χ4v) is 3.40. The molecule has 0 atom stereocenters. The zero-order valence-corrected chi connectivity index (χ0v) is 14.8. The summed E-state index contributed by atoms with van der Waals surface area (Å²) in [5.74, 6) is 0.125. The Kier molecular flexibility index (Phi) is 4.46. The van der Waals surface area contributed by atoms with Crippen molar-refractivity contribution in [3.05, 3.63) is 71.9 Å². The molecule has 0 unspecified atom stereocenters. The number of benzene rings is 2.